The number of carbonyl (C=O) groups excluding carboxylic acids is 2. The van der Waals surface area contributed by atoms with Gasteiger partial charge in [0.05, 0.1) is 0 Å². The van der Waals surface area contributed by atoms with Crippen LogP contribution in [0.1, 0.15) is 130 Å². The monoisotopic (exact) mass is 456 g/mol. The van der Waals surface area contributed by atoms with Gasteiger partial charge in [0.1, 0.15) is 6.10 Å². The fourth-order valence-electron chi connectivity index (χ4n) is 8.33. The molecule has 0 bridgehead atoms. The molecule has 4 aliphatic rings. The molecule has 3 saturated carbocycles. The van der Waals surface area contributed by atoms with Crippen LogP contribution in [0.15, 0.2) is 11.6 Å². The number of fused-ring (bicyclic) bond motifs is 5. The molecule has 4 aliphatic carbocycles. The largest absolute Gasteiger partial charge is 0.462 e. The van der Waals surface area contributed by atoms with Gasteiger partial charge in [0.2, 0.25) is 0 Å². The maximum Gasteiger partial charge on any atom is 0.306 e. The van der Waals surface area contributed by atoms with Gasteiger partial charge in [-0.25, -0.2) is 0 Å². The Morgan fingerprint density at radius 3 is 2.39 bits per heavy atom. The fraction of sp³-hybridized carbons (Fsp3) is 0.867. The lowest BCUT2D eigenvalue weighted by Gasteiger charge is -2.57. The SMILES string of the molecule is CCCCCCCCCCC(=O)O[C@H]1CC[C@@H]2[C@H]3CCC4=CC(=O)CC[C@]4(C)[C@H]3CC[C@]12C. The lowest BCUT2D eigenvalue weighted by atomic mass is 9.47. The van der Waals surface area contributed by atoms with Gasteiger partial charge in [-0.3, -0.25) is 9.59 Å². The van der Waals surface area contributed by atoms with E-state index in [1.54, 1.807) is 0 Å². The van der Waals surface area contributed by atoms with Crippen LogP contribution in [0.4, 0.5) is 0 Å². The van der Waals surface area contributed by atoms with Gasteiger partial charge in [-0.1, -0.05) is 71.3 Å². The molecule has 6 atom stereocenters. The van der Waals surface area contributed by atoms with Crippen molar-refractivity contribution in [2.45, 2.75) is 136 Å². The second-order valence-electron chi connectivity index (χ2n) is 12.3. The summed E-state index contributed by atoms with van der Waals surface area (Å²) >= 11 is 0. The van der Waals surface area contributed by atoms with Crippen molar-refractivity contribution in [2.75, 3.05) is 0 Å². The smallest absolute Gasteiger partial charge is 0.306 e. The van der Waals surface area contributed by atoms with E-state index in [9.17, 15) is 9.59 Å². The van der Waals surface area contributed by atoms with E-state index in [-0.39, 0.29) is 22.9 Å². The number of esters is 1. The van der Waals surface area contributed by atoms with Crippen LogP contribution in [0.25, 0.3) is 0 Å². The van der Waals surface area contributed by atoms with Crippen LogP contribution >= 0.6 is 0 Å². The third-order valence-corrected chi connectivity index (χ3v) is 10.4. The summed E-state index contributed by atoms with van der Waals surface area (Å²) in [6.45, 7) is 7.13. The number of ketones is 1. The molecule has 4 rings (SSSR count). The molecule has 0 saturated heterocycles. The van der Waals surface area contributed by atoms with Crippen molar-refractivity contribution in [1.29, 1.82) is 0 Å². The standard InChI is InChI=1S/C30H48O3/c1-4-5-6-7-8-9-10-11-12-28(32)33-27-16-15-25-24-14-13-22-21-23(31)17-19-29(22,2)26(24)18-20-30(25,27)3/h21,24-27H,4-20H2,1-3H3/t24-,25-,26+,27+,29+,30+/m1/s1. The first kappa shape index (κ1) is 25.0. The van der Waals surface area contributed by atoms with E-state index in [2.05, 4.69) is 20.8 Å². The Kier molecular flexibility index (Phi) is 8.06. The van der Waals surface area contributed by atoms with Crippen LogP contribution in [0, 0.1) is 28.6 Å². The van der Waals surface area contributed by atoms with Gasteiger partial charge in [-0.2, -0.15) is 0 Å². The lowest BCUT2D eigenvalue weighted by molar-refractivity contribution is -0.160. The molecule has 3 nitrogen and oxygen atoms in total. The summed E-state index contributed by atoms with van der Waals surface area (Å²) in [7, 11) is 0. The van der Waals surface area contributed by atoms with E-state index in [0.29, 0.717) is 24.0 Å². The minimum absolute atomic E-state index is 0.0431. The molecule has 0 radical (unpaired) electrons. The first-order valence-corrected chi connectivity index (χ1v) is 14.3. The predicted molar refractivity (Wildman–Crippen MR) is 134 cm³/mol. The Morgan fingerprint density at radius 2 is 1.64 bits per heavy atom. The molecule has 0 spiro atoms. The third kappa shape index (κ3) is 5.13. The third-order valence-electron chi connectivity index (χ3n) is 10.4. The zero-order valence-electron chi connectivity index (χ0n) is 21.6. The molecule has 3 heteroatoms. The highest BCUT2D eigenvalue weighted by molar-refractivity contribution is 5.91. The average molecular weight is 457 g/mol. The summed E-state index contributed by atoms with van der Waals surface area (Å²) in [5, 5.41) is 0. The van der Waals surface area contributed by atoms with Gasteiger partial charge >= 0.3 is 5.97 Å². The first-order chi connectivity index (χ1) is 15.9. The van der Waals surface area contributed by atoms with Crippen molar-refractivity contribution in [3.8, 4) is 0 Å². The van der Waals surface area contributed by atoms with Gasteiger partial charge < -0.3 is 4.74 Å². The summed E-state index contributed by atoms with van der Waals surface area (Å²) < 4.78 is 6.17. The maximum absolute atomic E-state index is 12.7. The highest BCUT2D eigenvalue weighted by atomic mass is 16.5. The van der Waals surface area contributed by atoms with E-state index < -0.39 is 0 Å². The molecular formula is C30H48O3. The van der Waals surface area contributed by atoms with Gasteiger partial charge in [-0.05, 0) is 80.6 Å². The minimum atomic E-state index is 0.0431. The van der Waals surface area contributed by atoms with Crippen molar-refractivity contribution in [1.82, 2.24) is 0 Å². The molecule has 3 fully saturated rings. The molecule has 0 aromatic heterocycles. The van der Waals surface area contributed by atoms with Crippen molar-refractivity contribution in [2.24, 2.45) is 28.6 Å². The summed E-state index contributed by atoms with van der Waals surface area (Å²) in [5.41, 5.74) is 1.82. The molecular weight excluding hydrogens is 408 g/mol. The van der Waals surface area contributed by atoms with Gasteiger partial charge in [0.25, 0.3) is 0 Å². The molecule has 0 amide bonds. The molecule has 0 aromatic carbocycles. The van der Waals surface area contributed by atoms with Gasteiger partial charge in [0, 0.05) is 18.3 Å². The van der Waals surface area contributed by atoms with Crippen LogP contribution in [0.3, 0.4) is 0 Å². The normalized spacial score (nSPS) is 37.7. The second kappa shape index (κ2) is 10.6. The van der Waals surface area contributed by atoms with Crippen LogP contribution in [0.2, 0.25) is 0 Å². The van der Waals surface area contributed by atoms with E-state index in [1.165, 1.54) is 69.8 Å². The Morgan fingerprint density at radius 1 is 0.909 bits per heavy atom. The molecule has 0 aromatic rings. The Labute approximate surface area is 202 Å². The van der Waals surface area contributed by atoms with Crippen LogP contribution in [-0.2, 0) is 14.3 Å². The first-order valence-electron chi connectivity index (χ1n) is 14.3. The second-order valence-corrected chi connectivity index (χ2v) is 12.3. The quantitative estimate of drug-likeness (QED) is 0.247. The number of allylic oxidation sites excluding steroid dienone is 1. The molecule has 33 heavy (non-hydrogen) atoms. The Balaban J connectivity index is 1.27. The predicted octanol–water partition coefficient (Wildman–Crippen LogP) is 7.96. The van der Waals surface area contributed by atoms with E-state index >= 15 is 0 Å². The van der Waals surface area contributed by atoms with Crippen molar-refractivity contribution in [3.05, 3.63) is 11.6 Å². The van der Waals surface area contributed by atoms with Crippen molar-refractivity contribution < 1.29 is 14.3 Å². The van der Waals surface area contributed by atoms with Crippen molar-refractivity contribution in [3.63, 3.8) is 0 Å². The Hall–Kier alpha value is -1.12. The highest BCUT2D eigenvalue weighted by Crippen LogP contribution is 2.65. The van der Waals surface area contributed by atoms with Crippen molar-refractivity contribution >= 4 is 11.8 Å². The van der Waals surface area contributed by atoms with E-state index in [1.807, 2.05) is 6.08 Å². The molecule has 0 unspecified atom stereocenters. The number of ether oxygens (including phenoxy) is 1. The minimum Gasteiger partial charge on any atom is -0.462 e. The highest BCUT2D eigenvalue weighted by Gasteiger charge is 2.59. The molecule has 0 N–H and O–H groups in total. The number of unbranched alkanes of at least 4 members (excludes halogenated alkanes) is 7. The van der Waals surface area contributed by atoms with Gasteiger partial charge in [-0.15, -0.1) is 0 Å². The van der Waals surface area contributed by atoms with Gasteiger partial charge in [0.15, 0.2) is 5.78 Å². The van der Waals surface area contributed by atoms with Crippen LogP contribution in [-0.4, -0.2) is 17.9 Å². The number of hydrogen-bond donors (Lipinski definition) is 0. The lowest BCUT2D eigenvalue weighted by Crippen LogP contribution is -2.51. The molecule has 186 valence electrons. The molecule has 0 heterocycles. The molecule has 0 aliphatic heterocycles. The zero-order chi connectivity index (χ0) is 23.5. The van der Waals surface area contributed by atoms with E-state index in [4.69, 9.17) is 4.74 Å². The van der Waals surface area contributed by atoms with E-state index in [0.717, 1.165) is 44.4 Å². The average Bonchev–Trinajstić information content (AvgIpc) is 3.12. The number of hydrogen-bond acceptors (Lipinski definition) is 3. The number of rotatable bonds is 10. The van der Waals surface area contributed by atoms with Crippen LogP contribution in [0.5, 0.6) is 0 Å². The maximum atomic E-state index is 12.7. The summed E-state index contributed by atoms with van der Waals surface area (Å²) in [4.78, 5) is 24.7. The Bertz CT molecular complexity index is 739. The van der Waals surface area contributed by atoms with Crippen LogP contribution < -0.4 is 0 Å². The number of carbonyl (C=O) groups is 2. The zero-order valence-corrected chi connectivity index (χ0v) is 21.6. The topological polar surface area (TPSA) is 43.4 Å². The summed E-state index contributed by atoms with van der Waals surface area (Å²) in [6, 6.07) is 0. The summed E-state index contributed by atoms with van der Waals surface area (Å²) in [5.74, 6) is 2.49. The summed E-state index contributed by atoms with van der Waals surface area (Å²) in [6.07, 6.45) is 21.5. The fourth-order valence-corrected chi connectivity index (χ4v) is 8.33.